The van der Waals surface area contributed by atoms with Crippen molar-refractivity contribution in [2.75, 3.05) is 0 Å². The van der Waals surface area contributed by atoms with E-state index in [1.807, 2.05) is 322 Å². The molecular weight excluding hydrogens is 1370 g/mol. The molecule has 14 nitrogen and oxygen atoms in total. The second-order valence-corrected chi connectivity index (χ2v) is 26.8. The summed E-state index contributed by atoms with van der Waals surface area (Å²) in [5.41, 5.74) is 10.7. The monoisotopic (exact) mass is 1450 g/mol. The van der Waals surface area contributed by atoms with E-state index in [9.17, 15) is 9.90 Å². The topological polar surface area (TPSA) is 148 Å². The molecule has 13 aromatic carbocycles. The number of hydrogen-bond donors (Lipinski definition) is 1. The quantitative estimate of drug-likeness (QED) is 0.0411. The number of rotatable bonds is 31. The Kier molecular flexibility index (Phi) is 23.0. The van der Waals surface area contributed by atoms with Gasteiger partial charge in [0.2, 0.25) is 5.75 Å². The second-order valence-electron chi connectivity index (χ2n) is 26.8. The van der Waals surface area contributed by atoms with Gasteiger partial charge in [0.25, 0.3) is 0 Å². The zero-order valence-corrected chi connectivity index (χ0v) is 60.3. The number of benzene rings is 13. The van der Waals surface area contributed by atoms with E-state index < -0.39 is 36.3 Å². The first kappa shape index (κ1) is 71.7. The van der Waals surface area contributed by atoms with Crippen LogP contribution >= 0.6 is 0 Å². The maximum atomic E-state index is 14.8. The molecule has 2 heterocycles. The summed E-state index contributed by atoms with van der Waals surface area (Å²) < 4.78 is 85.1. The number of hydrogen-bond acceptors (Lipinski definition) is 14. The highest BCUT2D eigenvalue weighted by Gasteiger charge is 2.50. The summed E-state index contributed by atoms with van der Waals surface area (Å²) in [5.74, 6) is 2.25. The number of ether oxygens (including phenoxy) is 12. The number of fused-ring (bicyclic) bond motifs is 2. The first-order chi connectivity index (χ1) is 53.7. The zero-order valence-electron chi connectivity index (χ0n) is 60.3. The van der Waals surface area contributed by atoms with Crippen molar-refractivity contribution in [1.82, 2.24) is 0 Å². The first-order valence-electron chi connectivity index (χ1n) is 36.6. The predicted molar refractivity (Wildman–Crippen MR) is 417 cm³/mol. The van der Waals surface area contributed by atoms with E-state index in [1.165, 1.54) is 6.92 Å². The van der Waals surface area contributed by atoms with Crippen molar-refractivity contribution in [3.05, 3.63) is 399 Å². The molecule has 1 N–H and O–H groups in total. The van der Waals surface area contributed by atoms with Crippen molar-refractivity contribution < 1.29 is 66.7 Å². The largest absolute Gasteiger partial charge is 0.489 e. The molecule has 0 amide bonds. The van der Waals surface area contributed by atoms with Gasteiger partial charge in [-0.05, 0) is 79.9 Å². The Bertz CT molecular complexity index is 5040. The molecule has 0 saturated heterocycles. The van der Waals surface area contributed by atoms with E-state index in [1.54, 1.807) is 0 Å². The fourth-order valence-corrected chi connectivity index (χ4v) is 13.6. The molecule has 14 heteroatoms. The summed E-state index contributed by atoms with van der Waals surface area (Å²) >= 11 is 0. The summed E-state index contributed by atoms with van der Waals surface area (Å²) in [6.07, 6.45) is -4.81. The summed E-state index contributed by atoms with van der Waals surface area (Å²) in [5, 5.41) is 13.1. The van der Waals surface area contributed by atoms with Gasteiger partial charge in [-0.25, -0.2) is 0 Å². The third-order valence-corrected chi connectivity index (χ3v) is 19.0. The third kappa shape index (κ3) is 18.1. The van der Waals surface area contributed by atoms with E-state index in [-0.39, 0.29) is 65.9 Å². The molecule has 109 heavy (non-hydrogen) atoms. The lowest BCUT2D eigenvalue weighted by Gasteiger charge is -2.42. The van der Waals surface area contributed by atoms with Gasteiger partial charge < -0.3 is 61.9 Å². The molecule has 15 rings (SSSR count). The van der Waals surface area contributed by atoms with Crippen LogP contribution in [0.15, 0.2) is 322 Å². The van der Waals surface area contributed by atoms with E-state index in [0.717, 1.165) is 50.1 Å². The van der Waals surface area contributed by atoms with E-state index >= 15 is 0 Å². The highest BCUT2D eigenvalue weighted by Crippen LogP contribution is 2.60. The Labute approximate surface area is 635 Å². The van der Waals surface area contributed by atoms with Gasteiger partial charge in [-0.1, -0.05) is 279 Å². The molecular formula is C95H82O14. The Morgan fingerprint density at radius 3 is 1.09 bits per heavy atom. The maximum Gasteiger partial charge on any atom is 0.303 e. The molecule has 0 radical (unpaired) electrons. The van der Waals surface area contributed by atoms with Crippen LogP contribution in [0.2, 0.25) is 0 Å². The average molecular weight is 1450 g/mol. The van der Waals surface area contributed by atoms with Crippen LogP contribution < -0.4 is 52.1 Å². The van der Waals surface area contributed by atoms with Gasteiger partial charge >= 0.3 is 5.97 Å². The molecule has 0 fully saturated rings. The first-order valence-corrected chi connectivity index (χ1v) is 36.6. The van der Waals surface area contributed by atoms with Crippen LogP contribution in [0.4, 0.5) is 0 Å². The standard InChI is InChI=1S/C95H82O14/c1-65(96)107-95-90(89-84(103-61-71-39-21-7-22-40-71)55-81(100-58-68-33-15-4-16-34-68)78-54-79(97)91(109-93(78)89)75-47-48-80(99-57-67-31-13-3-14-32-67)82(49-75)101-59-69-35-17-5-18-36-69)88-83(102-60-70-37-19-6-20-38-70)52-77(98-56-66-29-11-2-12-30-66)53-85(88)108-92(95)76-50-86(104-62-72-41-23-8-24-42-72)94(106-64-74-45-27-10-28-46-74)87(51-76)105-63-73-43-25-9-26-44-73/h2-53,55,79,90-92,95,97H,54,56-64H2,1H3/t79-,90+,91+,92+,95+/m0/s1. The Morgan fingerprint density at radius 1 is 0.330 bits per heavy atom. The summed E-state index contributed by atoms with van der Waals surface area (Å²) in [6.45, 7) is 2.83. The highest BCUT2D eigenvalue weighted by molar-refractivity contribution is 5.70. The molecule has 0 spiro atoms. The fourth-order valence-electron chi connectivity index (χ4n) is 13.6. The second kappa shape index (κ2) is 35.0. The number of aliphatic hydroxyl groups is 1. The van der Waals surface area contributed by atoms with Crippen LogP contribution in [0.25, 0.3) is 0 Å². The van der Waals surface area contributed by atoms with Gasteiger partial charge in [0.1, 0.15) is 100 Å². The van der Waals surface area contributed by atoms with E-state index in [0.29, 0.717) is 91.1 Å². The van der Waals surface area contributed by atoms with Crippen LogP contribution in [-0.2, 0) is 75.4 Å². The number of aliphatic hydroxyl groups excluding tert-OH is 1. The summed E-state index contributed by atoms with van der Waals surface area (Å²) in [6, 6.07) is 104. The van der Waals surface area contributed by atoms with Crippen LogP contribution in [0, 0.1) is 0 Å². The van der Waals surface area contributed by atoms with Gasteiger partial charge in [0, 0.05) is 53.8 Å². The Balaban J connectivity index is 0.966. The number of carbonyl (C=O) groups excluding carboxylic acids is 1. The zero-order chi connectivity index (χ0) is 73.9. The SMILES string of the molecule is CC(=O)O[C@@H]1[C@@H](c2c(OCc3ccccc3)cc(OCc3ccccc3)c3c2O[C@H](c2ccc(OCc4ccccc4)c(OCc4ccccc4)c2)[C@@H](O)C3)c2c(OCc3ccccc3)cc(OCc3ccccc3)cc2O[C@@H]1c1cc(OCc2ccccc2)c(OCc2ccccc2)c(OCc2ccccc2)c1. The average Bonchev–Trinajstić information content (AvgIpc) is 0.718. The summed E-state index contributed by atoms with van der Waals surface area (Å²) in [7, 11) is 0. The van der Waals surface area contributed by atoms with Crippen molar-refractivity contribution in [3.8, 4) is 63.2 Å². The molecule has 5 atom stereocenters. The lowest BCUT2D eigenvalue weighted by atomic mass is 9.77. The number of esters is 1. The third-order valence-electron chi connectivity index (χ3n) is 19.0. The van der Waals surface area contributed by atoms with Gasteiger partial charge in [-0.3, -0.25) is 4.79 Å². The van der Waals surface area contributed by atoms with Gasteiger partial charge in [-0.2, -0.15) is 0 Å². The Hall–Kier alpha value is -12.9. The lowest BCUT2D eigenvalue weighted by molar-refractivity contribution is -0.154. The van der Waals surface area contributed by atoms with Crippen molar-refractivity contribution in [3.63, 3.8) is 0 Å². The van der Waals surface area contributed by atoms with Crippen molar-refractivity contribution in [2.45, 2.75) is 103 Å². The van der Waals surface area contributed by atoms with E-state index in [4.69, 9.17) is 56.8 Å². The molecule has 0 saturated carbocycles. The minimum absolute atomic E-state index is 0.0125. The highest BCUT2D eigenvalue weighted by atomic mass is 16.6. The van der Waals surface area contributed by atoms with Crippen LogP contribution in [0.5, 0.6) is 63.2 Å². The minimum Gasteiger partial charge on any atom is -0.489 e. The van der Waals surface area contributed by atoms with Gasteiger partial charge in [0.15, 0.2) is 35.2 Å². The van der Waals surface area contributed by atoms with Crippen LogP contribution in [0.3, 0.4) is 0 Å². The smallest absolute Gasteiger partial charge is 0.303 e. The predicted octanol–water partition coefficient (Wildman–Crippen LogP) is 20.1. The molecule has 13 aromatic rings. The lowest BCUT2D eigenvalue weighted by Crippen LogP contribution is -2.40. The molecule has 2 aliphatic rings. The van der Waals surface area contributed by atoms with Crippen LogP contribution in [-0.4, -0.2) is 23.3 Å². The minimum atomic E-state index is -1.33. The fraction of sp³-hybridized carbons (Fsp3) is 0.168. The Morgan fingerprint density at radius 2 is 0.679 bits per heavy atom. The normalized spacial score (nSPS) is 15.4. The van der Waals surface area contributed by atoms with E-state index in [2.05, 4.69) is 0 Å². The molecule has 0 aromatic heterocycles. The van der Waals surface area contributed by atoms with Crippen molar-refractivity contribution >= 4 is 5.97 Å². The molecule has 0 unspecified atom stereocenters. The molecule has 546 valence electrons. The molecule has 2 aliphatic heterocycles. The number of carbonyl (C=O) groups is 1. The van der Waals surface area contributed by atoms with Crippen molar-refractivity contribution in [1.29, 1.82) is 0 Å². The molecule has 0 bridgehead atoms. The van der Waals surface area contributed by atoms with Crippen molar-refractivity contribution in [2.24, 2.45) is 0 Å². The molecule has 0 aliphatic carbocycles. The van der Waals surface area contributed by atoms with Gasteiger partial charge in [0.05, 0.1) is 12.0 Å². The maximum absolute atomic E-state index is 14.8. The summed E-state index contributed by atoms with van der Waals surface area (Å²) in [4.78, 5) is 14.8. The van der Waals surface area contributed by atoms with Crippen LogP contribution in [0.1, 0.15) is 103 Å². The van der Waals surface area contributed by atoms with Gasteiger partial charge in [-0.15, -0.1) is 0 Å².